The summed E-state index contributed by atoms with van der Waals surface area (Å²) >= 11 is 0. The smallest absolute Gasteiger partial charge is 0.234 e. The second-order valence-electron chi connectivity index (χ2n) is 12.1. The van der Waals surface area contributed by atoms with Crippen LogP contribution in [0.15, 0.2) is 0 Å². The summed E-state index contributed by atoms with van der Waals surface area (Å²) in [5.41, 5.74) is 0. The SMILES string of the molecule is CCCCCCCCCCCNC(=O)CCCS(=O)(=O)NC(=O)CCCCCCCCCCCCCCCc1nn[nH]n1. The third kappa shape index (κ3) is 26.1. The van der Waals surface area contributed by atoms with Gasteiger partial charge in [-0.1, -0.05) is 134 Å². The highest BCUT2D eigenvalue weighted by molar-refractivity contribution is 7.90. The van der Waals surface area contributed by atoms with Crippen molar-refractivity contribution in [2.75, 3.05) is 12.3 Å². The second-order valence-corrected chi connectivity index (χ2v) is 13.9. The number of hydrogen-bond acceptors (Lipinski definition) is 7. The third-order valence-electron chi connectivity index (χ3n) is 7.88. The summed E-state index contributed by atoms with van der Waals surface area (Å²) < 4.78 is 26.5. The van der Waals surface area contributed by atoms with Gasteiger partial charge in [-0.3, -0.25) is 14.3 Å². The molecular formula is C32H62N6O4S. The number of amides is 2. The van der Waals surface area contributed by atoms with Crippen LogP contribution < -0.4 is 10.0 Å². The van der Waals surface area contributed by atoms with E-state index in [2.05, 4.69) is 37.6 Å². The van der Waals surface area contributed by atoms with Crippen molar-refractivity contribution >= 4 is 21.8 Å². The Hall–Kier alpha value is -2.04. The fourth-order valence-electron chi connectivity index (χ4n) is 5.25. The van der Waals surface area contributed by atoms with E-state index >= 15 is 0 Å². The molecule has 0 aromatic carbocycles. The highest BCUT2D eigenvalue weighted by Gasteiger charge is 2.15. The standard InChI is InChI=1S/C32H62N6O4S/c1-2-3-4-5-6-14-17-20-23-28-33-31(39)27-24-29-43(41,42)36-32(40)26-22-19-16-13-11-9-7-8-10-12-15-18-21-25-30-34-37-38-35-30/h2-29H2,1H3,(H,33,39)(H,36,40)(H,34,35,37,38). The summed E-state index contributed by atoms with van der Waals surface area (Å²) in [5, 5.41) is 16.9. The fourth-order valence-corrected chi connectivity index (χ4v) is 6.33. The van der Waals surface area contributed by atoms with E-state index in [1.165, 1.54) is 96.3 Å². The Balaban J connectivity index is 1.85. The van der Waals surface area contributed by atoms with Gasteiger partial charge in [0.1, 0.15) is 0 Å². The maximum Gasteiger partial charge on any atom is 0.234 e. The maximum atomic E-state index is 12.2. The van der Waals surface area contributed by atoms with Crippen LogP contribution in [0, 0.1) is 0 Å². The zero-order valence-corrected chi connectivity index (χ0v) is 28.0. The highest BCUT2D eigenvalue weighted by Crippen LogP contribution is 2.14. The molecular weight excluding hydrogens is 564 g/mol. The molecule has 11 heteroatoms. The number of nitrogens with one attached hydrogen (secondary N) is 3. The van der Waals surface area contributed by atoms with Gasteiger partial charge in [-0.2, -0.15) is 5.21 Å². The van der Waals surface area contributed by atoms with Crippen LogP contribution in [-0.4, -0.2) is 53.2 Å². The van der Waals surface area contributed by atoms with Gasteiger partial charge in [0, 0.05) is 25.8 Å². The number of carbonyl (C=O) groups excluding carboxylic acids is 2. The van der Waals surface area contributed by atoms with Crippen LogP contribution in [0.4, 0.5) is 0 Å². The molecule has 1 rings (SSSR count). The van der Waals surface area contributed by atoms with E-state index < -0.39 is 15.9 Å². The largest absolute Gasteiger partial charge is 0.356 e. The molecule has 0 bridgehead atoms. The van der Waals surface area contributed by atoms with Crippen LogP contribution in [-0.2, 0) is 26.0 Å². The molecule has 0 aliphatic rings. The number of unbranched alkanes of at least 4 members (excludes halogenated alkanes) is 20. The van der Waals surface area contributed by atoms with Crippen LogP contribution in [0.1, 0.15) is 173 Å². The van der Waals surface area contributed by atoms with Gasteiger partial charge in [0.05, 0.1) is 5.75 Å². The molecule has 0 aliphatic heterocycles. The normalized spacial score (nSPS) is 11.6. The van der Waals surface area contributed by atoms with Crippen LogP contribution in [0.5, 0.6) is 0 Å². The Kier molecular flexibility index (Phi) is 24.9. The fraction of sp³-hybridized carbons (Fsp3) is 0.906. The molecule has 0 unspecified atom stereocenters. The zero-order chi connectivity index (χ0) is 31.3. The molecule has 0 radical (unpaired) electrons. The first-order valence-corrected chi connectivity index (χ1v) is 19.1. The molecule has 0 spiro atoms. The molecule has 1 aromatic heterocycles. The monoisotopic (exact) mass is 626 g/mol. The number of tetrazole rings is 1. The van der Waals surface area contributed by atoms with Gasteiger partial charge >= 0.3 is 0 Å². The van der Waals surface area contributed by atoms with Gasteiger partial charge in [-0.15, -0.1) is 10.2 Å². The Morgan fingerprint density at radius 3 is 1.65 bits per heavy atom. The van der Waals surface area contributed by atoms with Crippen molar-refractivity contribution in [3.05, 3.63) is 5.82 Å². The van der Waals surface area contributed by atoms with E-state index in [0.717, 1.165) is 50.8 Å². The number of sulfonamides is 1. The molecule has 43 heavy (non-hydrogen) atoms. The van der Waals surface area contributed by atoms with E-state index in [9.17, 15) is 18.0 Å². The quantitative estimate of drug-likeness (QED) is 0.0746. The molecule has 0 atom stereocenters. The van der Waals surface area contributed by atoms with Crippen molar-refractivity contribution in [2.24, 2.45) is 0 Å². The summed E-state index contributed by atoms with van der Waals surface area (Å²) in [7, 11) is -3.69. The minimum Gasteiger partial charge on any atom is -0.356 e. The molecule has 1 heterocycles. The minimum absolute atomic E-state index is 0.120. The number of aryl methyl sites for hydroxylation is 1. The molecule has 0 aliphatic carbocycles. The molecule has 10 nitrogen and oxygen atoms in total. The van der Waals surface area contributed by atoms with Gasteiger partial charge < -0.3 is 5.32 Å². The summed E-state index contributed by atoms with van der Waals surface area (Å²) in [6.07, 6.45) is 27.7. The van der Waals surface area contributed by atoms with Gasteiger partial charge in [0.2, 0.25) is 21.8 Å². The lowest BCUT2D eigenvalue weighted by molar-refractivity contribution is -0.121. The Morgan fingerprint density at radius 2 is 1.12 bits per heavy atom. The third-order valence-corrected chi connectivity index (χ3v) is 9.25. The lowest BCUT2D eigenvalue weighted by atomic mass is 10.0. The van der Waals surface area contributed by atoms with E-state index in [-0.39, 0.29) is 30.9 Å². The molecule has 1 aromatic rings. The van der Waals surface area contributed by atoms with Crippen molar-refractivity contribution in [2.45, 2.75) is 174 Å². The average molecular weight is 627 g/mol. The second kappa shape index (κ2) is 27.5. The summed E-state index contributed by atoms with van der Waals surface area (Å²) in [6.45, 7) is 2.87. The minimum atomic E-state index is -3.69. The average Bonchev–Trinajstić information content (AvgIpc) is 3.49. The van der Waals surface area contributed by atoms with Gasteiger partial charge in [0.15, 0.2) is 5.82 Å². The number of H-pyrrole nitrogens is 1. The van der Waals surface area contributed by atoms with Crippen LogP contribution in [0.25, 0.3) is 0 Å². The van der Waals surface area contributed by atoms with E-state index in [1.54, 1.807) is 0 Å². The predicted octanol–water partition coefficient (Wildman–Crippen LogP) is 7.08. The molecule has 0 fully saturated rings. The van der Waals surface area contributed by atoms with E-state index in [0.29, 0.717) is 13.0 Å². The molecule has 2 amide bonds. The first kappa shape index (κ1) is 39.0. The van der Waals surface area contributed by atoms with E-state index in [4.69, 9.17) is 0 Å². The van der Waals surface area contributed by atoms with Crippen molar-refractivity contribution in [3.8, 4) is 0 Å². The number of aromatic nitrogens is 4. The number of carbonyl (C=O) groups is 2. The van der Waals surface area contributed by atoms with Crippen molar-refractivity contribution in [1.82, 2.24) is 30.7 Å². The summed E-state index contributed by atoms with van der Waals surface area (Å²) in [5.74, 6) is 0.0424. The first-order valence-electron chi connectivity index (χ1n) is 17.5. The Morgan fingerprint density at radius 1 is 0.628 bits per heavy atom. The molecule has 0 saturated heterocycles. The Bertz CT molecular complexity index is 896. The van der Waals surface area contributed by atoms with Gasteiger partial charge in [0.25, 0.3) is 0 Å². The molecule has 250 valence electrons. The predicted molar refractivity (Wildman–Crippen MR) is 174 cm³/mol. The van der Waals surface area contributed by atoms with E-state index in [1.807, 2.05) is 0 Å². The highest BCUT2D eigenvalue weighted by atomic mass is 32.2. The number of hydrogen-bond donors (Lipinski definition) is 3. The molecule has 3 N–H and O–H groups in total. The van der Waals surface area contributed by atoms with Crippen LogP contribution in [0.3, 0.4) is 0 Å². The van der Waals surface area contributed by atoms with Crippen LogP contribution in [0.2, 0.25) is 0 Å². The van der Waals surface area contributed by atoms with Gasteiger partial charge in [-0.25, -0.2) is 8.42 Å². The van der Waals surface area contributed by atoms with Crippen molar-refractivity contribution < 1.29 is 18.0 Å². The summed E-state index contributed by atoms with van der Waals surface area (Å²) in [4.78, 5) is 24.0. The van der Waals surface area contributed by atoms with Gasteiger partial charge in [-0.05, 0) is 25.7 Å². The van der Waals surface area contributed by atoms with Crippen molar-refractivity contribution in [1.29, 1.82) is 0 Å². The number of rotatable bonds is 31. The van der Waals surface area contributed by atoms with Crippen LogP contribution >= 0.6 is 0 Å². The first-order chi connectivity index (χ1) is 20.9. The Labute approximate surface area is 262 Å². The summed E-state index contributed by atoms with van der Waals surface area (Å²) in [6, 6.07) is 0. The van der Waals surface area contributed by atoms with Crippen molar-refractivity contribution in [3.63, 3.8) is 0 Å². The molecule has 0 saturated carbocycles. The maximum absolute atomic E-state index is 12.2. The number of nitrogens with zero attached hydrogens (tertiary/aromatic N) is 3. The zero-order valence-electron chi connectivity index (χ0n) is 27.2. The lowest BCUT2D eigenvalue weighted by Crippen LogP contribution is -2.33. The topological polar surface area (TPSA) is 147 Å². The lowest BCUT2D eigenvalue weighted by Gasteiger charge is -2.08. The number of aromatic amines is 1.